The van der Waals surface area contributed by atoms with Crippen LogP contribution in [0, 0.1) is 6.92 Å². The molecule has 1 aliphatic heterocycles. The highest BCUT2D eigenvalue weighted by molar-refractivity contribution is 9.10. The number of aryl methyl sites for hydroxylation is 1. The van der Waals surface area contributed by atoms with Crippen LogP contribution in [0.5, 0.6) is 5.75 Å². The van der Waals surface area contributed by atoms with Crippen LogP contribution in [-0.4, -0.2) is 10.9 Å². The molecule has 0 spiro atoms. The number of amides is 1. The lowest BCUT2D eigenvalue weighted by atomic mass is 10.1. The third kappa shape index (κ3) is 4.78. The molecule has 0 fully saturated rings. The normalized spacial score (nSPS) is 12.6. The predicted molar refractivity (Wildman–Crippen MR) is 122 cm³/mol. The van der Waals surface area contributed by atoms with Crippen LogP contribution in [0.2, 0.25) is 5.02 Å². The molecule has 1 aliphatic rings. The number of carbonyl (C=O) groups is 1. The van der Waals surface area contributed by atoms with Gasteiger partial charge < -0.3 is 4.74 Å². The van der Waals surface area contributed by atoms with Crippen molar-refractivity contribution in [3.8, 4) is 5.75 Å². The first-order valence-corrected chi connectivity index (χ1v) is 10.8. The SMILES string of the molecule is Cc1nc(NC(=O)C2=Cc3cc(Cl)ccc3OC=C2)sc1Cc1cccc(Br)c1. The molecule has 0 aliphatic carbocycles. The number of rotatable bonds is 4. The van der Waals surface area contributed by atoms with Crippen LogP contribution in [0.3, 0.4) is 0 Å². The van der Waals surface area contributed by atoms with Gasteiger partial charge in [-0.2, -0.15) is 0 Å². The summed E-state index contributed by atoms with van der Waals surface area (Å²) in [5.74, 6) is 0.398. The molecule has 4 nitrogen and oxygen atoms in total. The van der Waals surface area contributed by atoms with Crippen molar-refractivity contribution >= 4 is 56.0 Å². The maximum Gasteiger partial charge on any atom is 0.257 e. The number of benzene rings is 2. The monoisotopic (exact) mass is 486 g/mol. The van der Waals surface area contributed by atoms with Crippen LogP contribution >= 0.6 is 38.9 Å². The van der Waals surface area contributed by atoms with E-state index in [1.165, 1.54) is 23.2 Å². The van der Waals surface area contributed by atoms with Gasteiger partial charge in [-0.25, -0.2) is 4.98 Å². The lowest BCUT2D eigenvalue weighted by Crippen LogP contribution is -2.12. The summed E-state index contributed by atoms with van der Waals surface area (Å²) in [6, 6.07) is 13.5. The topological polar surface area (TPSA) is 51.2 Å². The fourth-order valence-electron chi connectivity index (χ4n) is 2.92. The second-order valence-corrected chi connectivity index (χ2v) is 8.93. The zero-order valence-corrected chi connectivity index (χ0v) is 18.6. The Bertz CT molecular complexity index is 1150. The number of nitrogens with one attached hydrogen (secondary N) is 1. The van der Waals surface area contributed by atoms with Crippen LogP contribution in [-0.2, 0) is 11.2 Å². The standard InChI is InChI=1S/C22H16BrClN2O2S/c1-13-20(10-14-3-2-4-17(23)9-14)29-22(25-13)26-21(27)15-7-8-28-19-6-5-18(24)12-16(19)11-15/h2-9,11-12H,10H2,1H3,(H,25,26,27). The van der Waals surface area contributed by atoms with E-state index in [-0.39, 0.29) is 5.91 Å². The van der Waals surface area contributed by atoms with Gasteiger partial charge in [0.1, 0.15) is 5.75 Å². The molecule has 4 rings (SSSR count). The quantitative estimate of drug-likeness (QED) is 0.464. The largest absolute Gasteiger partial charge is 0.464 e. The van der Waals surface area contributed by atoms with Gasteiger partial charge in [-0.1, -0.05) is 39.7 Å². The highest BCUT2D eigenvalue weighted by atomic mass is 79.9. The fourth-order valence-corrected chi connectivity index (χ4v) is 4.54. The molecule has 2 aromatic carbocycles. The summed E-state index contributed by atoms with van der Waals surface area (Å²) in [5, 5.41) is 4.05. The molecule has 1 N–H and O–H groups in total. The van der Waals surface area contributed by atoms with Gasteiger partial charge in [0.15, 0.2) is 5.13 Å². The van der Waals surface area contributed by atoms with Crippen molar-refractivity contribution in [1.82, 2.24) is 4.98 Å². The molecule has 146 valence electrons. The van der Waals surface area contributed by atoms with Crippen LogP contribution in [0.15, 0.2) is 64.8 Å². The number of halogens is 2. The summed E-state index contributed by atoms with van der Waals surface area (Å²) in [6.45, 7) is 1.95. The van der Waals surface area contributed by atoms with E-state index in [1.54, 1.807) is 30.4 Å². The Hall–Kier alpha value is -2.41. The molecule has 0 saturated heterocycles. The van der Waals surface area contributed by atoms with Gasteiger partial charge in [0.05, 0.1) is 12.0 Å². The van der Waals surface area contributed by atoms with E-state index in [2.05, 4.69) is 38.4 Å². The molecule has 0 radical (unpaired) electrons. The van der Waals surface area contributed by atoms with Crippen molar-refractivity contribution in [2.45, 2.75) is 13.3 Å². The minimum atomic E-state index is -0.250. The van der Waals surface area contributed by atoms with Crippen LogP contribution in [0.25, 0.3) is 6.08 Å². The molecular weight excluding hydrogens is 472 g/mol. The molecule has 0 atom stereocenters. The highest BCUT2D eigenvalue weighted by Gasteiger charge is 2.16. The van der Waals surface area contributed by atoms with Gasteiger partial charge in [-0.05, 0) is 55.0 Å². The number of fused-ring (bicyclic) bond motifs is 1. The Labute approximate surface area is 186 Å². The minimum absolute atomic E-state index is 0.250. The van der Waals surface area contributed by atoms with Gasteiger partial charge in [0.2, 0.25) is 0 Å². The van der Waals surface area contributed by atoms with Crippen molar-refractivity contribution in [2.24, 2.45) is 0 Å². The molecule has 7 heteroatoms. The van der Waals surface area contributed by atoms with Gasteiger partial charge in [-0.15, -0.1) is 11.3 Å². The molecule has 29 heavy (non-hydrogen) atoms. The van der Waals surface area contributed by atoms with E-state index in [4.69, 9.17) is 16.3 Å². The molecule has 0 bridgehead atoms. The lowest BCUT2D eigenvalue weighted by molar-refractivity contribution is -0.112. The van der Waals surface area contributed by atoms with E-state index in [0.717, 1.165) is 27.0 Å². The van der Waals surface area contributed by atoms with Crippen molar-refractivity contribution in [3.05, 3.63) is 91.6 Å². The number of hydrogen-bond acceptors (Lipinski definition) is 4. The Morgan fingerprint density at radius 1 is 1.28 bits per heavy atom. The number of anilines is 1. The Balaban J connectivity index is 1.53. The molecular formula is C22H16BrClN2O2S. The number of aromatic nitrogens is 1. The first kappa shape index (κ1) is 19.9. The average Bonchev–Trinajstić information content (AvgIpc) is 2.88. The zero-order valence-electron chi connectivity index (χ0n) is 15.4. The molecule has 2 heterocycles. The van der Waals surface area contributed by atoms with Crippen LogP contribution in [0.1, 0.15) is 21.7 Å². The van der Waals surface area contributed by atoms with Crippen LogP contribution in [0.4, 0.5) is 5.13 Å². The fraction of sp³-hybridized carbons (Fsp3) is 0.0909. The minimum Gasteiger partial charge on any atom is -0.464 e. The van der Waals surface area contributed by atoms with Crippen molar-refractivity contribution in [3.63, 3.8) is 0 Å². The second kappa shape index (κ2) is 8.53. The van der Waals surface area contributed by atoms with Crippen molar-refractivity contribution < 1.29 is 9.53 Å². The van der Waals surface area contributed by atoms with E-state index in [0.29, 0.717) is 21.5 Å². The number of carbonyl (C=O) groups excluding carboxylic acids is 1. The summed E-state index contributed by atoms with van der Waals surface area (Å²) in [7, 11) is 0. The van der Waals surface area contributed by atoms with Gasteiger partial charge in [0, 0.05) is 31.9 Å². The Morgan fingerprint density at radius 2 is 2.14 bits per heavy atom. The van der Waals surface area contributed by atoms with Crippen molar-refractivity contribution in [1.29, 1.82) is 0 Å². The maximum absolute atomic E-state index is 12.8. The summed E-state index contributed by atoms with van der Waals surface area (Å²) < 4.78 is 6.59. The zero-order chi connectivity index (χ0) is 20.4. The number of hydrogen-bond donors (Lipinski definition) is 1. The van der Waals surface area contributed by atoms with Gasteiger partial charge in [0.25, 0.3) is 5.91 Å². The molecule has 0 unspecified atom stereocenters. The average molecular weight is 488 g/mol. The summed E-state index contributed by atoms with van der Waals surface area (Å²) in [6.07, 6.45) is 5.65. The highest BCUT2D eigenvalue weighted by Crippen LogP contribution is 2.29. The lowest BCUT2D eigenvalue weighted by Gasteiger charge is -2.04. The first-order chi connectivity index (χ1) is 14.0. The third-order valence-corrected chi connectivity index (χ3v) is 6.16. The number of nitrogens with zero attached hydrogens (tertiary/aromatic N) is 1. The third-order valence-electron chi connectivity index (χ3n) is 4.35. The summed E-state index contributed by atoms with van der Waals surface area (Å²) in [5.41, 5.74) is 3.31. The number of thiazole rings is 1. The summed E-state index contributed by atoms with van der Waals surface area (Å²) >= 11 is 11.0. The summed E-state index contributed by atoms with van der Waals surface area (Å²) in [4.78, 5) is 18.4. The second-order valence-electron chi connectivity index (χ2n) is 6.49. The Morgan fingerprint density at radius 3 is 2.97 bits per heavy atom. The van der Waals surface area contributed by atoms with Crippen LogP contribution < -0.4 is 10.1 Å². The van der Waals surface area contributed by atoms with Gasteiger partial charge in [-0.3, -0.25) is 10.1 Å². The molecule has 0 saturated carbocycles. The first-order valence-electron chi connectivity index (χ1n) is 8.84. The van der Waals surface area contributed by atoms with E-state index in [9.17, 15) is 4.79 Å². The predicted octanol–water partition coefficient (Wildman–Crippen LogP) is 6.39. The Kier molecular flexibility index (Phi) is 5.85. The van der Waals surface area contributed by atoms with Crippen molar-refractivity contribution in [2.75, 3.05) is 5.32 Å². The van der Waals surface area contributed by atoms with E-state index in [1.807, 2.05) is 19.1 Å². The van der Waals surface area contributed by atoms with E-state index >= 15 is 0 Å². The van der Waals surface area contributed by atoms with E-state index < -0.39 is 0 Å². The smallest absolute Gasteiger partial charge is 0.257 e. The van der Waals surface area contributed by atoms with Gasteiger partial charge >= 0.3 is 0 Å². The molecule has 1 amide bonds. The molecule has 1 aromatic heterocycles. The number of ether oxygens (including phenoxy) is 1. The maximum atomic E-state index is 12.8. The molecule has 3 aromatic rings.